The molecule has 0 aromatic carbocycles. The van der Waals surface area contributed by atoms with E-state index in [1.807, 2.05) is 24.1 Å². The van der Waals surface area contributed by atoms with Gasteiger partial charge in [0.25, 0.3) is 0 Å². The Balaban J connectivity index is 1.50. The van der Waals surface area contributed by atoms with Crippen molar-refractivity contribution in [3.63, 3.8) is 0 Å². The molecule has 0 bridgehead atoms. The molecule has 2 aliphatic rings. The molecule has 1 atom stereocenters. The number of piperidine rings is 1. The summed E-state index contributed by atoms with van der Waals surface area (Å²) in [5.74, 6) is -0.0206. The molecule has 2 saturated heterocycles. The lowest BCUT2D eigenvalue weighted by Crippen LogP contribution is -2.43. The first-order valence-electron chi connectivity index (χ1n) is 10.5. The van der Waals surface area contributed by atoms with Crippen molar-refractivity contribution < 1.29 is 14.3 Å². The molecule has 1 unspecified atom stereocenters. The van der Waals surface area contributed by atoms with Crippen molar-refractivity contribution in [3.8, 4) is 0 Å². The molecule has 3 heterocycles. The molecule has 156 valence electrons. The Morgan fingerprint density at radius 3 is 2.61 bits per heavy atom. The highest BCUT2D eigenvalue weighted by molar-refractivity contribution is 5.72. The van der Waals surface area contributed by atoms with Crippen LogP contribution in [0.25, 0.3) is 0 Å². The van der Waals surface area contributed by atoms with Gasteiger partial charge in [0.2, 0.25) is 5.91 Å². The Labute approximate surface area is 167 Å². The van der Waals surface area contributed by atoms with Gasteiger partial charge in [-0.25, -0.2) is 4.79 Å². The van der Waals surface area contributed by atoms with Crippen LogP contribution in [0.2, 0.25) is 0 Å². The number of likely N-dealkylation sites (tertiary alicyclic amines) is 2. The number of hydrogen-bond donors (Lipinski definition) is 1. The summed E-state index contributed by atoms with van der Waals surface area (Å²) in [6.07, 6.45) is 6.95. The molecule has 0 radical (unpaired) electrons. The highest BCUT2D eigenvalue weighted by atomic mass is 16.6. The molecule has 1 N–H and O–H groups in total. The summed E-state index contributed by atoms with van der Waals surface area (Å²) in [6, 6.07) is 2.91. The topological polar surface area (TPSA) is 79.7 Å². The number of carbonyl (C=O) groups is 2. The summed E-state index contributed by atoms with van der Waals surface area (Å²) in [4.78, 5) is 27.6. The molecule has 2 aliphatic heterocycles. The molecule has 3 rings (SSSR count). The predicted octanol–water partition coefficient (Wildman–Crippen LogP) is 2.17. The third-order valence-corrected chi connectivity index (χ3v) is 5.86. The van der Waals surface area contributed by atoms with Gasteiger partial charge in [-0.05, 0) is 45.1 Å². The Morgan fingerprint density at radius 1 is 1.14 bits per heavy atom. The zero-order valence-corrected chi connectivity index (χ0v) is 17.1. The van der Waals surface area contributed by atoms with Gasteiger partial charge in [0, 0.05) is 45.3 Å². The number of carbonyl (C=O) groups excluding carboxylic acids is 2. The van der Waals surface area contributed by atoms with Crippen LogP contribution in [0.5, 0.6) is 0 Å². The number of hydrogen-bond acceptors (Lipinski definition) is 5. The highest BCUT2D eigenvalue weighted by Gasteiger charge is 2.29. The van der Waals surface area contributed by atoms with Crippen LogP contribution in [0.4, 0.5) is 4.79 Å². The van der Waals surface area contributed by atoms with Crippen molar-refractivity contribution >= 4 is 12.0 Å². The molecule has 28 heavy (non-hydrogen) atoms. The van der Waals surface area contributed by atoms with E-state index < -0.39 is 0 Å². The number of nitrogens with one attached hydrogen (secondary N) is 1. The normalized spacial score (nSPS) is 21.9. The maximum absolute atomic E-state index is 12.0. The molecule has 0 aliphatic carbocycles. The van der Waals surface area contributed by atoms with E-state index in [2.05, 4.69) is 20.0 Å². The van der Waals surface area contributed by atoms with Crippen molar-refractivity contribution in [2.45, 2.75) is 64.6 Å². The zero-order valence-electron chi connectivity index (χ0n) is 17.1. The maximum atomic E-state index is 12.0. The van der Waals surface area contributed by atoms with E-state index in [0.717, 1.165) is 64.0 Å². The van der Waals surface area contributed by atoms with Crippen LogP contribution in [0.1, 0.15) is 57.7 Å². The van der Waals surface area contributed by atoms with Crippen LogP contribution in [-0.4, -0.2) is 70.4 Å². The van der Waals surface area contributed by atoms with Gasteiger partial charge in [-0.2, -0.15) is 5.10 Å². The van der Waals surface area contributed by atoms with E-state index in [9.17, 15) is 9.59 Å². The molecule has 1 aromatic heterocycles. The van der Waals surface area contributed by atoms with Crippen LogP contribution >= 0.6 is 0 Å². The van der Waals surface area contributed by atoms with Crippen molar-refractivity contribution in [1.29, 1.82) is 0 Å². The monoisotopic (exact) mass is 391 g/mol. The first kappa shape index (κ1) is 20.6. The van der Waals surface area contributed by atoms with E-state index in [4.69, 9.17) is 4.74 Å². The van der Waals surface area contributed by atoms with Crippen LogP contribution in [-0.2, 0) is 16.1 Å². The second-order valence-corrected chi connectivity index (χ2v) is 7.71. The second-order valence-electron chi connectivity index (χ2n) is 7.71. The minimum absolute atomic E-state index is 0.0206. The number of aromatic nitrogens is 2. The number of ether oxygens (including phenoxy) is 1. The van der Waals surface area contributed by atoms with Crippen molar-refractivity contribution in [2.75, 3.05) is 32.8 Å². The van der Waals surface area contributed by atoms with E-state index in [1.54, 1.807) is 0 Å². The standard InChI is InChI=1S/C20H33N5O3/c1-3-28-20(27)24-11-4-5-17(7-14-24)23-12-8-18(9-13-23)25-19(6-10-22-25)15-21-16(2)26/h6,10,17-18H,3-5,7-9,11-15H2,1-2H3,(H,21,26). The molecular weight excluding hydrogens is 358 g/mol. The quantitative estimate of drug-likeness (QED) is 0.832. The molecular formula is C20H33N5O3. The number of amides is 2. The fraction of sp³-hybridized carbons (Fsp3) is 0.750. The third kappa shape index (κ3) is 5.25. The summed E-state index contributed by atoms with van der Waals surface area (Å²) >= 11 is 0. The summed E-state index contributed by atoms with van der Waals surface area (Å²) in [5.41, 5.74) is 1.06. The first-order valence-corrected chi connectivity index (χ1v) is 10.5. The predicted molar refractivity (Wildman–Crippen MR) is 106 cm³/mol. The lowest BCUT2D eigenvalue weighted by atomic mass is 10.00. The van der Waals surface area contributed by atoms with Gasteiger partial charge < -0.3 is 19.9 Å². The Hall–Kier alpha value is -2.09. The average molecular weight is 392 g/mol. The first-order chi connectivity index (χ1) is 13.6. The van der Waals surface area contributed by atoms with E-state index in [-0.39, 0.29) is 12.0 Å². The lowest BCUT2D eigenvalue weighted by Gasteiger charge is -2.37. The summed E-state index contributed by atoms with van der Waals surface area (Å²) < 4.78 is 7.24. The SMILES string of the molecule is CCOC(=O)N1CCCC(N2CCC(n3nccc3CNC(C)=O)CC2)CC1. The van der Waals surface area contributed by atoms with Crippen LogP contribution in [0, 0.1) is 0 Å². The van der Waals surface area contributed by atoms with Crippen LogP contribution in [0.15, 0.2) is 12.3 Å². The van der Waals surface area contributed by atoms with E-state index in [0.29, 0.717) is 25.2 Å². The fourth-order valence-electron chi connectivity index (χ4n) is 4.36. The maximum Gasteiger partial charge on any atom is 0.409 e. The largest absolute Gasteiger partial charge is 0.450 e. The summed E-state index contributed by atoms with van der Waals surface area (Å²) in [6.45, 7) is 8.03. The smallest absolute Gasteiger partial charge is 0.409 e. The highest BCUT2D eigenvalue weighted by Crippen LogP contribution is 2.27. The summed E-state index contributed by atoms with van der Waals surface area (Å²) in [7, 11) is 0. The molecule has 8 heteroatoms. The molecule has 2 amide bonds. The van der Waals surface area contributed by atoms with Gasteiger partial charge in [-0.1, -0.05) is 0 Å². The second kappa shape index (κ2) is 9.91. The van der Waals surface area contributed by atoms with Gasteiger partial charge in [0.15, 0.2) is 0 Å². The Bertz CT molecular complexity index is 654. The van der Waals surface area contributed by atoms with Crippen molar-refractivity contribution in [1.82, 2.24) is 24.9 Å². The van der Waals surface area contributed by atoms with Crippen molar-refractivity contribution in [3.05, 3.63) is 18.0 Å². The van der Waals surface area contributed by atoms with Gasteiger partial charge >= 0.3 is 6.09 Å². The minimum atomic E-state index is -0.174. The van der Waals surface area contributed by atoms with Gasteiger partial charge in [-0.15, -0.1) is 0 Å². The summed E-state index contributed by atoms with van der Waals surface area (Å²) in [5, 5.41) is 7.37. The Morgan fingerprint density at radius 2 is 1.89 bits per heavy atom. The molecule has 2 fully saturated rings. The van der Waals surface area contributed by atoms with Gasteiger partial charge in [0.1, 0.15) is 0 Å². The van der Waals surface area contributed by atoms with Crippen molar-refractivity contribution in [2.24, 2.45) is 0 Å². The lowest BCUT2D eigenvalue weighted by molar-refractivity contribution is -0.119. The third-order valence-electron chi connectivity index (χ3n) is 5.86. The average Bonchev–Trinajstić information content (AvgIpc) is 3.02. The zero-order chi connectivity index (χ0) is 19.9. The van der Waals surface area contributed by atoms with Gasteiger partial charge in [-0.3, -0.25) is 9.48 Å². The number of nitrogens with zero attached hydrogens (tertiary/aromatic N) is 4. The van der Waals surface area contributed by atoms with E-state index >= 15 is 0 Å². The number of rotatable bonds is 5. The Kier molecular flexibility index (Phi) is 7.30. The molecule has 8 nitrogen and oxygen atoms in total. The minimum Gasteiger partial charge on any atom is -0.450 e. The molecule has 0 spiro atoms. The molecule has 1 aromatic rings. The van der Waals surface area contributed by atoms with E-state index in [1.165, 1.54) is 6.92 Å². The fourth-order valence-corrected chi connectivity index (χ4v) is 4.36. The van der Waals surface area contributed by atoms with Crippen LogP contribution < -0.4 is 5.32 Å². The van der Waals surface area contributed by atoms with Crippen LogP contribution in [0.3, 0.4) is 0 Å². The van der Waals surface area contributed by atoms with Gasteiger partial charge in [0.05, 0.1) is 24.9 Å². The molecule has 0 saturated carbocycles.